The van der Waals surface area contributed by atoms with Crippen LogP contribution in [0, 0.1) is 6.92 Å². The van der Waals surface area contributed by atoms with Gasteiger partial charge < -0.3 is 4.42 Å². The number of carbonyl (C=O) groups excluding carboxylic acids is 1. The number of oxazole rings is 1. The van der Waals surface area contributed by atoms with E-state index < -0.39 is 5.76 Å². The van der Waals surface area contributed by atoms with Gasteiger partial charge in [0.2, 0.25) is 5.91 Å². The summed E-state index contributed by atoms with van der Waals surface area (Å²) in [5.74, 6) is -0.776. The van der Waals surface area contributed by atoms with Gasteiger partial charge in [0.15, 0.2) is 10.7 Å². The van der Waals surface area contributed by atoms with E-state index in [1.54, 1.807) is 23.1 Å². The molecule has 154 valence electrons. The van der Waals surface area contributed by atoms with Gasteiger partial charge in [-0.1, -0.05) is 59.9 Å². The Labute approximate surface area is 182 Å². The molecule has 0 aliphatic carbocycles. The minimum absolute atomic E-state index is 0.127. The van der Waals surface area contributed by atoms with Crippen molar-refractivity contribution in [3.63, 3.8) is 0 Å². The van der Waals surface area contributed by atoms with E-state index in [0.717, 1.165) is 21.3 Å². The molecule has 0 atom stereocenters. The van der Waals surface area contributed by atoms with Crippen molar-refractivity contribution < 1.29 is 9.21 Å². The van der Waals surface area contributed by atoms with E-state index in [2.05, 4.69) is 6.07 Å². The summed E-state index contributed by atoms with van der Waals surface area (Å²) in [5, 5.41) is 0.607. The van der Waals surface area contributed by atoms with E-state index >= 15 is 0 Å². The van der Waals surface area contributed by atoms with E-state index in [-0.39, 0.29) is 12.5 Å². The van der Waals surface area contributed by atoms with E-state index in [0.29, 0.717) is 22.8 Å². The van der Waals surface area contributed by atoms with E-state index in [4.69, 9.17) is 9.40 Å². The Morgan fingerprint density at radius 2 is 1.84 bits per heavy atom. The maximum absolute atomic E-state index is 13.4. The lowest BCUT2D eigenvalue weighted by atomic mass is 10.2. The van der Waals surface area contributed by atoms with Crippen LogP contribution in [0.5, 0.6) is 0 Å². The third-order valence-corrected chi connectivity index (χ3v) is 6.16. The van der Waals surface area contributed by atoms with Gasteiger partial charge in [0.05, 0.1) is 22.3 Å². The summed E-state index contributed by atoms with van der Waals surface area (Å²) < 4.78 is 7.68. The maximum atomic E-state index is 13.4. The number of benzene rings is 3. The average molecular weight is 430 g/mol. The molecule has 1 amide bonds. The summed E-state index contributed by atoms with van der Waals surface area (Å²) in [5.41, 5.74) is 4.03. The first-order valence-electron chi connectivity index (χ1n) is 9.88. The van der Waals surface area contributed by atoms with Crippen LogP contribution in [0.25, 0.3) is 21.3 Å². The second-order valence-corrected chi connectivity index (χ2v) is 8.36. The third-order valence-electron chi connectivity index (χ3n) is 5.12. The molecule has 3 aromatic carbocycles. The smallest absolute Gasteiger partial charge is 0.408 e. The van der Waals surface area contributed by atoms with E-state index in [1.807, 2.05) is 55.5 Å². The number of fused-ring (bicyclic) bond motifs is 2. The predicted octanol–water partition coefficient (Wildman–Crippen LogP) is 4.75. The molecule has 0 radical (unpaired) electrons. The summed E-state index contributed by atoms with van der Waals surface area (Å²) in [7, 11) is 0. The van der Waals surface area contributed by atoms with Gasteiger partial charge in [-0.05, 0) is 42.3 Å². The number of hydrogen-bond donors (Lipinski definition) is 0. The first-order valence-corrected chi connectivity index (χ1v) is 10.7. The lowest BCUT2D eigenvalue weighted by molar-refractivity contribution is -0.119. The Morgan fingerprint density at radius 1 is 1.06 bits per heavy atom. The van der Waals surface area contributed by atoms with Gasteiger partial charge in [0, 0.05) is 0 Å². The van der Waals surface area contributed by atoms with Crippen LogP contribution in [0.4, 0.5) is 5.13 Å². The Morgan fingerprint density at radius 3 is 2.68 bits per heavy atom. The average Bonchev–Trinajstić information content (AvgIpc) is 3.33. The number of thiazole rings is 1. The Balaban J connectivity index is 1.54. The highest BCUT2D eigenvalue weighted by Crippen LogP contribution is 2.31. The fraction of sp³-hybridized carbons (Fsp3) is 0.125. The molecule has 5 aromatic rings. The fourth-order valence-corrected chi connectivity index (χ4v) is 4.63. The van der Waals surface area contributed by atoms with Gasteiger partial charge in [-0.3, -0.25) is 14.3 Å². The molecule has 2 aromatic heterocycles. The van der Waals surface area contributed by atoms with Crippen LogP contribution >= 0.6 is 11.3 Å². The van der Waals surface area contributed by atoms with E-state index in [1.165, 1.54) is 15.9 Å². The molecule has 0 unspecified atom stereocenters. The van der Waals surface area contributed by atoms with Crippen molar-refractivity contribution in [2.24, 2.45) is 0 Å². The van der Waals surface area contributed by atoms with Gasteiger partial charge >= 0.3 is 5.76 Å². The summed E-state index contributed by atoms with van der Waals surface area (Å²) in [6.45, 7) is 2.27. The molecule has 0 spiro atoms. The molecule has 0 saturated carbocycles. The molecule has 2 heterocycles. The first-order chi connectivity index (χ1) is 15.1. The highest BCUT2D eigenvalue weighted by atomic mass is 32.1. The third kappa shape index (κ3) is 3.75. The topological polar surface area (TPSA) is 68.3 Å². The summed E-state index contributed by atoms with van der Waals surface area (Å²) in [4.78, 5) is 32.2. The lowest BCUT2D eigenvalue weighted by Crippen LogP contribution is -2.35. The van der Waals surface area contributed by atoms with Crippen LogP contribution in [-0.2, 0) is 17.9 Å². The number of amides is 1. The Bertz CT molecular complexity index is 1450. The SMILES string of the molecule is Cc1ccc2nc(N(Cc3ccccc3)C(=O)Cn3c(=O)oc4ccccc43)sc2c1. The minimum atomic E-state index is -0.547. The largest absolute Gasteiger partial charge is 0.420 e. The van der Waals surface area contributed by atoms with Crippen LogP contribution in [0.2, 0.25) is 0 Å². The molecule has 0 bridgehead atoms. The molecule has 6 nitrogen and oxygen atoms in total. The number of hydrogen-bond acceptors (Lipinski definition) is 5. The van der Waals surface area contributed by atoms with Crippen molar-refractivity contribution >= 4 is 43.7 Å². The predicted molar refractivity (Wildman–Crippen MR) is 122 cm³/mol. The van der Waals surface area contributed by atoms with Crippen molar-refractivity contribution in [2.75, 3.05) is 4.90 Å². The highest BCUT2D eigenvalue weighted by Gasteiger charge is 2.22. The first kappa shape index (κ1) is 19.3. The number of nitrogens with zero attached hydrogens (tertiary/aromatic N) is 3. The molecule has 0 fully saturated rings. The Hall–Kier alpha value is -3.71. The molecule has 0 saturated heterocycles. The zero-order valence-electron chi connectivity index (χ0n) is 16.8. The molecular weight excluding hydrogens is 410 g/mol. The normalized spacial score (nSPS) is 11.3. The van der Waals surface area contributed by atoms with Gasteiger partial charge in [-0.2, -0.15) is 0 Å². The molecule has 7 heteroatoms. The second-order valence-electron chi connectivity index (χ2n) is 7.35. The summed E-state index contributed by atoms with van der Waals surface area (Å²) >= 11 is 1.47. The van der Waals surface area contributed by atoms with Gasteiger partial charge in [0.1, 0.15) is 6.54 Å². The number of carbonyl (C=O) groups is 1. The van der Waals surface area contributed by atoms with Crippen molar-refractivity contribution in [1.82, 2.24) is 9.55 Å². The maximum Gasteiger partial charge on any atom is 0.420 e. The number of aromatic nitrogens is 2. The molecule has 31 heavy (non-hydrogen) atoms. The standard InChI is InChI=1S/C24H19N3O3S/c1-16-11-12-18-21(13-16)31-23(25-18)27(14-17-7-3-2-4-8-17)22(28)15-26-19-9-5-6-10-20(19)30-24(26)29/h2-13H,14-15H2,1H3. The zero-order chi connectivity index (χ0) is 21.4. The number of anilines is 1. The lowest BCUT2D eigenvalue weighted by Gasteiger charge is -2.20. The highest BCUT2D eigenvalue weighted by molar-refractivity contribution is 7.22. The Kier molecular flexibility index (Phi) is 4.88. The van der Waals surface area contributed by atoms with Crippen LogP contribution in [0.1, 0.15) is 11.1 Å². The van der Waals surface area contributed by atoms with Crippen molar-refractivity contribution in [3.05, 3.63) is 94.5 Å². The minimum Gasteiger partial charge on any atom is -0.408 e. The molecule has 0 N–H and O–H groups in total. The number of rotatable bonds is 5. The fourth-order valence-electron chi connectivity index (χ4n) is 3.55. The molecule has 0 aliphatic rings. The van der Waals surface area contributed by atoms with Crippen molar-refractivity contribution in [3.8, 4) is 0 Å². The van der Waals surface area contributed by atoms with Gasteiger partial charge in [0.25, 0.3) is 0 Å². The van der Waals surface area contributed by atoms with Crippen LogP contribution in [-0.4, -0.2) is 15.5 Å². The number of para-hydroxylation sites is 2. The molecule has 5 rings (SSSR count). The van der Waals surface area contributed by atoms with Crippen LogP contribution in [0.3, 0.4) is 0 Å². The van der Waals surface area contributed by atoms with Gasteiger partial charge in [-0.25, -0.2) is 9.78 Å². The molecular formula is C24H19N3O3S. The van der Waals surface area contributed by atoms with Crippen LogP contribution < -0.4 is 10.7 Å². The molecule has 0 aliphatic heterocycles. The monoisotopic (exact) mass is 429 g/mol. The van der Waals surface area contributed by atoms with Crippen molar-refractivity contribution in [2.45, 2.75) is 20.0 Å². The zero-order valence-corrected chi connectivity index (χ0v) is 17.6. The second kappa shape index (κ2) is 7.85. The van der Waals surface area contributed by atoms with Crippen molar-refractivity contribution in [1.29, 1.82) is 0 Å². The van der Waals surface area contributed by atoms with Crippen LogP contribution in [0.15, 0.2) is 82.0 Å². The number of aryl methyl sites for hydroxylation is 1. The summed E-state index contributed by atoms with van der Waals surface area (Å²) in [6, 6.07) is 22.9. The van der Waals surface area contributed by atoms with E-state index in [9.17, 15) is 9.59 Å². The summed E-state index contributed by atoms with van der Waals surface area (Å²) in [6.07, 6.45) is 0. The van der Waals surface area contributed by atoms with Gasteiger partial charge in [-0.15, -0.1) is 0 Å². The quantitative estimate of drug-likeness (QED) is 0.404.